The van der Waals surface area contributed by atoms with Crippen LogP contribution in [0.5, 0.6) is 0 Å². The lowest BCUT2D eigenvalue weighted by atomic mass is 10.1. The highest BCUT2D eigenvalue weighted by Crippen LogP contribution is 2.26. The molecule has 1 aliphatic rings. The topological polar surface area (TPSA) is 39.1 Å². The van der Waals surface area contributed by atoms with Gasteiger partial charge in [-0.1, -0.05) is 6.92 Å². The van der Waals surface area contributed by atoms with Crippen molar-refractivity contribution in [2.75, 3.05) is 19.0 Å². The van der Waals surface area contributed by atoms with E-state index in [1.54, 1.807) is 7.11 Å². The minimum Gasteiger partial charge on any atom is -0.383 e. The molecule has 0 bridgehead atoms. The van der Waals surface area contributed by atoms with Crippen molar-refractivity contribution in [2.24, 2.45) is 5.92 Å². The normalized spacial score (nSPS) is 24.9. The van der Waals surface area contributed by atoms with Crippen LogP contribution in [0.1, 0.15) is 26.2 Å². The van der Waals surface area contributed by atoms with Gasteiger partial charge in [-0.25, -0.2) is 0 Å². The number of hydrogen-bond donors (Lipinski definition) is 1. The van der Waals surface area contributed by atoms with Crippen molar-refractivity contribution in [3.05, 3.63) is 12.3 Å². The largest absolute Gasteiger partial charge is 0.383 e. The number of anilines is 1. The first-order valence-corrected chi connectivity index (χ1v) is 6.07. The molecule has 0 amide bonds. The van der Waals surface area contributed by atoms with Gasteiger partial charge in [-0.3, -0.25) is 4.68 Å². The first-order valence-electron chi connectivity index (χ1n) is 6.07. The zero-order valence-corrected chi connectivity index (χ0v) is 10.1. The summed E-state index contributed by atoms with van der Waals surface area (Å²) >= 11 is 0. The summed E-state index contributed by atoms with van der Waals surface area (Å²) in [6.45, 7) is 3.85. The molecule has 0 saturated heterocycles. The van der Waals surface area contributed by atoms with E-state index in [0.717, 1.165) is 18.3 Å². The first-order chi connectivity index (χ1) is 7.78. The number of hydrogen-bond acceptors (Lipinski definition) is 3. The third-order valence-corrected chi connectivity index (χ3v) is 3.21. The summed E-state index contributed by atoms with van der Waals surface area (Å²) in [6.07, 6.45) is 5.87. The fourth-order valence-corrected chi connectivity index (χ4v) is 2.30. The zero-order chi connectivity index (χ0) is 11.4. The lowest BCUT2D eigenvalue weighted by molar-refractivity contribution is 0.183. The average molecular weight is 223 g/mol. The Labute approximate surface area is 97.0 Å². The summed E-state index contributed by atoms with van der Waals surface area (Å²) in [5.74, 6) is 1.85. The van der Waals surface area contributed by atoms with Crippen molar-refractivity contribution >= 4 is 5.82 Å². The number of methoxy groups -OCH3 is 1. The van der Waals surface area contributed by atoms with Crippen LogP contribution in [-0.4, -0.2) is 29.5 Å². The van der Waals surface area contributed by atoms with E-state index in [4.69, 9.17) is 4.74 Å². The summed E-state index contributed by atoms with van der Waals surface area (Å²) in [5.41, 5.74) is 0. The minimum atomic E-state index is 0.612. The van der Waals surface area contributed by atoms with Crippen LogP contribution in [-0.2, 0) is 11.3 Å². The number of aromatic nitrogens is 2. The standard InChI is InChI=1S/C12H21N3O/c1-10-3-4-11(9-10)13-12-5-6-15(14-12)7-8-16-2/h5-6,10-11H,3-4,7-9H2,1-2H3,(H,13,14). The highest BCUT2D eigenvalue weighted by molar-refractivity contribution is 5.33. The Balaban J connectivity index is 1.83. The third-order valence-electron chi connectivity index (χ3n) is 3.21. The Morgan fingerprint density at radius 3 is 3.12 bits per heavy atom. The molecule has 2 rings (SSSR count). The van der Waals surface area contributed by atoms with Gasteiger partial charge in [0, 0.05) is 25.4 Å². The second kappa shape index (κ2) is 5.34. The summed E-state index contributed by atoms with van der Waals surface area (Å²) in [6, 6.07) is 2.65. The number of ether oxygens (including phenoxy) is 1. The van der Waals surface area contributed by atoms with Crippen LogP contribution in [0.25, 0.3) is 0 Å². The highest BCUT2D eigenvalue weighted by Gasteiger charge is 2.21. The second-order valence-corrected chi connectivity index (χ2v) is 4.72. The summed E-state index contributed by atoms with van der Waals surface area (Å²) in [4.78, 5) is 0. The molecule has 4 nitrogen and oxygen atoms in total. The zero-order valence-electron chi connectivity index (χ0n) is 10.1. The van der Waals surface area contributed by atoms with Crippen LogP contribution in [0.15, 0.2) is 12.3 Å². The van der Waals surface area contributed by atoms with Gasteiger partial charge in [-0.2, -0.15) is 5.10 Å². The molecule has 0 radical (unpaired) electrons. The lowest BCUT2D eigenvalue weighted by Gasteiger charge is -2.10. The summed E-state index contributed by atoms with van der Waals surface area (Å²) < 4.78 is 6.94. The number of nitrogens with one attached hydrogen (secondary N) is 1. The van der Waals surface area contributed by atoms with E-state index in [2.05, 4.69) is 17.3 Å². The molecule has 1 aromatic heterocycles. The molecule has 1 aromatic rings. The third kappa shape index (κ3) is 2.98. The Hall–Kier alpha value is -1.03. The molecule has 1 saturated carbocycles. The Morgan fingerprint density at radius 1 is 1.56 bits per heavy atom. The Bertz CT molecular complexity index is 324. The molecule has 16 heavy (non-hydrogen) atoms. The molecular weight excluding hydrogens is 202 g/mol. The van der Waals surface area contributed by atoms with Crippen molar-refractivity contribution in [1.82, 2.24) is 9.78 Å². The molecule has 90 valence electrons. The van der Waals surface area contributed by atoms with E-state index < -0.39 is 0 Å². The maximum Gasteiger partial charge on any atom is 0.148 e. The Kier molecular flexibility index (Phi) is 3.83. The van der Waals surface area contributed by atoms with Gasteiger partial charge in [-0.05, 0) is 25.2 Å². The fraction of sp³-hybridized carbons (Fsp3) is 0.750. The smallest absolute Gasteiger partial charge is 0.148 e. The summed E-state index contributed by atoms with van der Waals surface area (Å²) in [5, 5.41) is 7.96. The van der Waals surface area contributed by atoms with E-state index in [0.29, 0.717) is 12.6 Å². The van der Waals surface area contributed by atoms with Crippen LogP contribution in [0.4, 0.5) is 5.82 Å². The molecular formula is C12H21N3O. The molecule has 2 unspecified atom stereocenters. The van der Waals surface area contributed by atoms with Crippen molar-refractivity contribution in [3.8, 4) is 0 Å². The molecule has 4 heteroatoms. The highest BCUT2D eigenvalue weighted by atomic mass is 16.5. The fourth-order valence-electron chi connectivity index (χ4n) is 2.30. The molecule has 0 spiro atoms. The molecule has 1 heterocycles. The lowest BCUT2D eigenvalue weighted by Crippen LogP contribution is -2.16. The number of nitrogens with zero attached hydrogens (tertiary/aromatic N) is 2. The van der Waals surface area contributed by atoms with Gasteiger partial charge in [-0.15, -0.1) is 0 Å². The van der Waals surface area contributed by atoms with Gasteiger partial charge in [0.1, 0.15) is 5.82 Å². The maximum atomic E-state index is 5.02. The van der Waals surface area contributed by atoms with E-state index in [-0.39, 0.29) is 0 Å². The van der Waals surface area contributed by atoms with E-state index in [1.165, 1.54) is 19.3 Å². The monoisotopic (exact) mass is 223 g/mol. The average Bonchev–Trinajstić information content (AvgIpc) is 2.86. The molecule has 0 aliphatic heterocycles. The van der Waals surface area contributed by atoms with Crippen LogP contribution < -0.4 is 5.32 Å². The van der Waals surface area contributed by atoms with Crippen molar-refractivity contribution in [1.29, 1.82) is 0 Å². The van der Waals surface area contributed by atoms with Gasteiger partial charge in [0.2, 0.25) is 0 Å². The van der Waals surface area contributed by atoms with Crippen LogP contribution in [0.2, 0.25) is 0 Å². The van der Waals surface area contributed by atoms with Gasteiger partial charge in [0.25, 0.3) is 0 Å². The van der Waals surface area contributed by atoms with Gasteiger partial charge in [0.15, 0.2) is 0 Å². The minimum absolute atomic E-state index is 0.612. The molecule has 1 fully saturated rings. The number of rotatable bonds is 5. The Morgan fingerprint density at radius 2 is 2.44 bits per heavy atom. The maximum absolute atomic E-state index is 5.02. The van der Waals surface area contributed by atoms with E-state index >= 15 is 0 Å². The molecule has 2 atom stereocenters. The SMILES string of the molecule is COCCn1ccc(NC2CCC(C)C2)n1. The van der Waals surface area contributed by atoms with Crippen LogP contribution >= 0.6 is 0 Å². The molecule has 1 aliphatic carbocycles. The van der Waals surface area contributed by atoms with Gasteiger partial charge in [0.05, 0.1) is 13.2 Å². The van der Waals surface area contributed by atoms with Crippen LogP contribution in [0, 0.1) is 5.92 Å². The van der Waals surface area contributed by atoms with Gasteiger partial charge < -0.3 is 10.1 Å². The van der Waals surface area contributed by atoms with Crippen molar-refractivity contribution in [2.45, 2.75) is 38.8 Å². The first kappa shape index (κ1) is 11.5. The molecule has 1 N–H and O–H groups in total. The second-order valence-electron chi connectivity index (χ2n) is 4.72. The molecule has 0 aromatic carbocycles. The van der Waals surface area contributed by atoms with Crippen molar-refractivity contribution < 1.29 is 4.74 Å². The predicted octanol–water partition coefficient (Wildman–Crippen LogP) is 2.13. The van der Waals surface area contributed by atoms with Gasteiger partial charge >= 0.3 is 0 Å². The summed E-state index contributed by atoms with van der Waals surface area (Å²) in [7, 11) is 1.71. The predicted molar refractivity (Wildman–Crippen MR) is 64.5 cm³/mol. The van der Waals surface area contributed by atoms with E-state index in [9.17, 15) is 0 Å². The quantitative estimate of drug-likeness (QED) is 0.831. The van der Waals surface area contributed by atoms with Crippen LogP contribution in [0.3, 0.4) is 0 Å². The van der Waals surface area contributed by atoms with E-state index in [1.807, 2.05) is 16.9 Å². The van der Waals surface area contributed by atoms with Crippen molar-refractivity contribution in [3.63, 3.8) is 0 Å².